The zero-order chi connectivity index (χ0) is 20.2. The van der Waals surface area contributed by atoms with Crippen molar-refractivity contribution < 1.29 is 9.53 Å². The Morgan fingerprint density at radius 2 is 1.72 bits per heavy atom. The third-order valence-corrected chi connectivity index (χ3v) is 5.39. The molecule has 4 rings (SSSR count). The number of piperidine rings is 1. The van der Waals surface area contributed by atoms with Crippen LogP contribution < -0.4 is 4.74 Å². The van der Waals surface area contributed by atoms with Crippen molar-refractivity contribution in [3.05, 3.63) is 71.9 Å². The van der Waals surface area contributed by atoms with Crippen molar-refractivity contribution in [1.29, 1.82) is 0 Å². The predicted molar refractivity (Wildman–Crippen MR) is 113 cm³/mol. The Hall–Kier alpha value is -3.21. The highest BCUT2D eigenvalue weighted by Gasteiger charge is 2.26. The van der Waals surface area contributed by atoms with E-state index in [-0.39, 0.29) is 5.91 Å². The van der Waals surface area contributed by atoms with Gasteiger partial charge in [0.25, 0.3) is 5.91 Å². The lowest BCUT2D eigenvalue weighted by Gasteiger charge is -2.30. The van der Waals surface area contributed by atoms with E-state index in [1.807, 2.05) is 66.4 Å². The number of aryl methyl sites for hydroxylation is 1. The minimum absolute atomic E-state index is 0.0694. The van der Waals surface area contributed by atoms with E-state index in [9.17, 15) is 4.79 Å². The first-order chi connectivity index (χ1) is 14.1. The zero-order valence-electron chi connectivity index (χ0n) is 16.8. The molecule has 29 heavy (non-hydrogen) atoms. The number of carbonyl (C=O) groups excluding carboxylic acids is 1. The highest BCUT2D eigenvalue weighted by Crippen LogP contribution is 2.29. The van der Waals surface area contributed by atoms with Crippen molar-refractivity contribution in [1.82, 2.24) is 14.9 Å². The summed E-state index contributed by atoms with van der Waals surface area (Å²) in [4.78, 5) is 24.2. The van der Waals surface area contributed by atoms with E-state index in [2.05, 4.69) is 16.9 Å². The third kappa shape index (κ3) is 4.29. The fourth-order valence-corrected chi connectivity index (χ4v) is 3.47. The molecule has 5 nitrogen and oxygen atoms in total. The molecule has 148 valence electrons. The van der Waals surface area contributed by atoms with Gasteiger partial charge in [-0.05, 0) is 37.3 Å². The van der Waals surface area contributed by atoms with Crippen LogP contribution in [0.25, 0.3) is 11.4 Å². The minimum Gasteiger partial charge on any atom is -0.438 e. The van der Waals surface area contributed by atoms with Crippen LogP contribution in [0.3, 0.4) is 0 Å². The van der Waals surface area contributed by atoms with Crippen molar-refractivity contribution in [2.24, 2.45) is 5.92 Å². The molecule has 0 radical (unpaired) electrons. The molecule has 1 aliphatic rings. The Balaban J connectivity index is 1.71. The normalized spacial score (nSPS) is 14.6. The van der Waals surface area contributed by atoms with Gasteiger partial charge in [-0.1, -0.05) is 55.5 Å². The monoisotopic (exact) mass is 387 g/mol. The standard InChI is InChI=1S/C24H25N3O2/c1-17-12-14-27(15-13-17)24(28)20-16-25-22(19-9-4-3-5-10-19)26-23(20)29-21-11-7-6-8-18(21)2/h3-11,16-17H,12-15H2,1-2H3. The van der Waals surface area contributed by atoms with Gasteiger partial charge in [-0.15, -0.1) is 0 Å². The fourth-order valence-electron chi connectivity index (χ4n) is 3.47. The van der Waals surface area contributed by atoms with Gasteiger partial charge in [-0.3, -0.25) is 4.79 Å². The number of hydrogen-bond donors (Lipinski definition) is 0. The van der Waals surface area contributed by atoms with Crippen LogP contribution in [-0.2, 0) is 0 Å². The number of benzene rings is 2. The quantitative estimate of drug-likeness (QED) is 0.624. The van der Waals surface area contributed by atoms with Crippen LogP contribution in [0.2, 0.25) is 0 Å². The summed E-state index contributed by atoms with van der Waals surface area (Å²) in [5.41, 5.74) is 2.27. The largest absolute Gasteiger partial charge is 0.438 e. The van der Waals surface area contributed by atoms with E-state index in [0.717, 1.165) is 37.1 Å². The van der Waals surface area contributed by atoms with Crippen molar-refractivity contribution in [2.45, 2.75) is 26.7 Å². The summed E-state index contributed by atoms with van der Waals surface area (Å²) in [5, 5.41) is 0. The first-order valence-electron chi connectivity index (χ1n) is 10.1. The second-order valence-electron chi connectivity index (χ2n) is 7.62. The number of rotatable bonds is 4. The molecule has 0 atom stereocenters. The topological polar surface area (TPSA) is 55.3 Å². The number of amides is 1. The Kier molecular flexibility index (Phi) is 5.56. The highest BCUT2D eigenvalue weighted by atomic mass is 16.5. The maximum Gasteiger partial charge on any atom is 0.260 e. The van der Waals surface area contributed by atoms with E-state index in [1.54, 1.807) is 6.20 Å². The van der Waals surface area contributed by atoms with Crippen molar-refractivity contribution in [3.63, 3.8) is 0 Å². The van der Waals surface area contributed by atoms with Crippen molar-refractivity contribution in [2.75, 3.05) is 13.1 Å². The average molecular weight is 387 g/mol. The molecule has 1 amide bonds. The molecule has 1 saturated heterocycles. The molecule has 3 aromatic rings. The van der Waals surface area contributed by atoms with Crippen LogP contribution in [-0.4, -0.2) is 33.9 Å². The van der Waals surface area contributed by atoms with Gasteiger partial charge in [0, 0.05) is 24.8 Å². The van der Waals surface area contributed by atoms with E-state index < -0.39 is 0 Å². The molecule has 1 aliphatic heterocycles. The molecular weight excluding hydrogens is 362 g/mol. The van der Waals surface area contributed by atoms with Crippen LogP contribution in [0.1, 0.15) is 35.7 Å². The lowest BCUT2D eigenvalue weighted by molar-refractivity contribution is 0.0693. The SMILES string of the molecule is Cc1ccccc1Oc1nc(-c2ccccc2)ncc1C(=O)N1CCC(C)CC1. The number of carbonyl (C=O) groups is 1. The van der Waals surface area contributed by atoms with E-state index in [0.29, 0.717) is 28.9 Å². The maximum absolute atomic E-state index is 13.2. The molecule has 5 heteroatoms. The van der Waals surface area contributed by atoms with Gasteiger partial charge in [-0.25, -0.2) is 4.98 Å². The Morgan fingerprint density at radius 1 is 1.03 bits per heavy atom. The summed E-state index contributed by atoms with van der Waals surface area (Å²) in [5.74, 6) is 2.11. The van der Waals surface area contributed by atoms with Gasteiger partial charge in [0.2, 0.25) is 5.88 Å². The molecule has 0 spiro atoms. The molecule has 0 bridgehead atoms. The molecule has 0 unspecified atom stereocenters. The van der Waals surface area contributed by atoms with E-state index in [4.69, 9.17) is 4.74 Å². The number of para-hydroxylation sites is 1. The number of ether oxygens (including phenoxy) is 1. The second kappa shape index (κ2) is 8.43. The summed E-state index contributed by atoms with van der Waals surface area (Å²) in [7, 11) is 0. The summed E-state index contributed by atoms with van der Waals surface area (Å²) >= 11 is 0. The number of nitrogens with zero attached hydrogens (tertiary/aromatic N) is 3. The summed E-state index contributed by atoms with van der Waals surface area (Å²) in [6, 6.07) is 17.4. The number of hydrogen-bond acceptors (Lipinski definition) is 4. The van der Waals surface area contributed by atoms with Crippen LogP contribution in [0.15, 0.2) is 60.8 Å². The molecule has 1 aromatic heterocycles. The molecule has 0 saturated carbocycles. The van der Waals surface area contributed by atoms with Crippen LogP contribution >= 0.6 is 0 Å². The zero-order valence-corrected chi connectivity index (χ0v) is 16.8. The Labute approximate surface area is 171 Å². The Bertz CT molecular complexity index is 996. The minimum atomic E-state index is -0.0694. The van der Waals surface area contributed by atoms with Crippen molar-refractivity contribution in [3.8, 4) is 23.0 Å². The molecule has 1 fully saturated rings. The summed E-state index contributed by atoms with van der Waals surface area (Å²) in [6.45, 7) is 5.71. The first kappa shape index (κ1) is 19.1. The smallest absolute Gasteiger partial charge is 0.260 e. The van der Waals surface area contributed by atoms with E-state index >= 15 is 0 Å². The van der Waals surface area contributed by atoms with Gasteiger partial charge >= 0.3 is 0 Å². The molecular formula is C24H25N3O2. The van der Waals surface area contributed by atoms with E-state index in [1.165, 1.54) is 0 Å². The van der Waals surface area contributed by atoms with Gasteiger partial charge in [0.1, 0.15) is 11.3 Å². The van der Waals surface area contributed by atoms with Gasteiger partial charge < -0.3 is 9.64 Å². The fraction of sp³-hybridized carbons (Fsp3) is 0.292. The van der Waals surface area contributed by atoms with Crippen LogP contribution in [0, 0.1) is 12.8 Å². The number of aromatic nitrogens is 2. The molecule has 0 N–H and O–H groups in total. The Morgan fingerprint density at radius 3 is 2.45 bits per heavy atom. The van der Waals surface area contributed by atoms with Crippen LogP contribution in [0.4, 0.5) is 0 Å². The predicted octanol–water partition coefficient (Wildman–Crippen LogP) is 5.12. The summed E-state index contributed by atoms with van der Waals surface area (Å²) < 4.78 is 6.14. The van der Waals surface area contributed by atoms with Crippen LogP contribution in [0.5, 0.6) is 11.6 Å². The maximum atomic E-state index is 13.2. The third-order valence-electron chi connectivity index (χ3n) is 5.39. The average Bonchev–Trinajstić information content (AvgIpc) is 2.76. The second-order valence-corrected chi connectivity index (χ2v) is 7.62. The van der Waals surface area contributed by atoms with Gasteiger partial charge in [0.05, 0.1) is 0 Å². The van der Waals surface area contributed by atoms with Gasteiger partial charge in [-0.2, -0.15) is 4.98 Å². The number of likely N-dealkylation sites (tertiary alicyclic amines) is 1. The molecule has 0 aliphatic carbocycles. The lowest BCUT2D eigenvalue weighted by atomic mass is 9.99. The highest BCUT2D eigenvalue weighted by molar-refractivity contribution is 5.96. The van der Waals surface area contributed by atoms with Crippen molar-refractivity contribution >= 4 is 5.91 Å². The molecule has 2 heterocycles. The lowest BCUT2D eigenvalue weighted by Crippen LogP contribution is -2.38. The van der Waals surface area contributed by atoms with Gasteiger partial charge in [0.15, 0.2) is 5.82 Å². The summed E-state index contributed by atoms with van der Waals surface area (Å²) in [6.07, 6.45) is 3.63. The first-order valence-corrected chi connectivity index (χ1v) is 10.1. The molecule has 2 aromatic carbocycles.